The molecule has 2 unspecified atom stereocenters. The third kappa shape index (κ3) is 2.62. The molecule has 1 aliphatic heterocycles. The Balaban J connectivity index is 2.05. The lowest BCUT2D eigenvalue weighted by molar-refractivity contribution is -0.184. The molecule has 1 aromatic rings. The van der Waals surface area contributed by atoms with E-state index in [4.69, 9.17) is 9.47 Å². The van der Waals surface area contributed by atoms with Gasteiger partial charge in [0, 0.05) is 5.56 Å². The van der Waals surface area contributed by atoms with Crippen LogP contribution in [0.3, 0.4) is 0 Å². The molecule has 2 rings (SSSR count). The molecule has 0 saturated carbocycles. The molecule has 1 aromatic carbocycles. The van der Waals surface area contributed by atoms with Crippen LogP contribution in [0.1, 0.15) is 17.3 Å². The number of nitrogens with one attached hydrogen (secondary N) is 1. The molecule has 1 amide bonds. The van der Waals surface area contributed by atoms with Crippen molar-refractivity contribution in [1.82, 2.24) is 5.32 Å². The highest BCUT2D eigenvalue weighted by atomic mass is 16.7. The van der Waals surface area contributed by atoms with E-state index in [-0.39, 0.29) is 18.8 Å². The smallest absolute Gasteiger partial charge is 0.333 e. The Morgan fingerprint density at radius 1 is 1.35 bits per heavy atom. The van der Waals surface area contributed by atoms with E-state index in [1.54, 1.807) is 31.2 Å². The van der Waals surface area contributed by atoms with Crippen LogP contribution in [0, 0.1) is 0 Å². The van der Waals surface area contributed by atoms with Crippen molar-refractivity contribution in [2.75, 3.05) is 6.79 Å². The van der Waals surface area contributed by atoms with Gasteiger partial charge in [-0.05, 0) is 19.1 Å². The third-order valence-corrected chi connectivity index (χ3v) is 2.58. The van der Waals surface area contributed by atoms with E-state index in [0.29, 0.717) is 5.56 Å². The van der Waals surface area contributed by atoms with Gasteiger partial charge in [0.05, 0.1) is 6.10 Å². The average Bonchev–Trinajstić information content (AvgIpc) is 2.35. The largest absolute Gasteiger partial charge is 0.437 e. The number of esters is 1. The lowest BCUT2D eigenvalue weighted by atomic mass is 10.1. The summed E-state index contributed by atoms with van der Waals surface area (Å²) in [6.07, 6.45) is -0.385. The van der Waals surface area contributed by atoms with Crippen molar-refractivity contribution in [3.8, 4) is 0 Å². The molecule has 17 heavy (non-hydrogen) atoms. The second-order valence-electron chi connectivity index (χ2n) is 3.77. The second kappa shape index (κ2) is 4.97. The maximum Gasteiger partial charge on any atom is 0.333 e. The van der Waals surface area contributed by atoms with Gasteiger partial charge in [-0.2, -0.15) is 0 Å². The molecule has 0 aliphatic carbocycles. The quantitative estimate of drug-likeness (QED) is 0.766. The number of hydrogen-bond donors (Lipinski definition) is 1. The Labute approximate surface area is 98.7 Å². The van der Waals surface area contributed by atoms with Crippen molar-refractivity contribution < 1.29 is 19.1 Å². The van der Waals surface area contributed by atoms with Gasteiger partial charge in [0.15, 0.2) is 12.8 Å². The zero-order valence-electron chi connectivity index (χ0n) is 9.38. The standard InChI is InChI=1S/C12H13NO4/c1-8-10(12(15)17-7-16-8)13-11(14)9-5-3-2-4-6-9/h2-6,8,10H,7H2,1H3,(H,13,14). The highest BCUT2D eigenvalue weighted by Gasteiger charge is 2.33. The van der Waals surface area contributed by atoms with E-state index in [0.717, 1.165) is 0 Å². The lowest BCUT2D eigenvalue weighted by Gasteiger charge is -2.28. The Morgan fingerprint density at radius 3 is 2.71 bits per heavy atom. The number of ether oxygens (including phenoxy) is 2. The van der Waals surface area contributed by atoms with Gasteiger partial charge in [0.1, 0.15) is 0 Å². The van der Waals surface area contributed by atoms with Gasteiger partial charge in [0.25, 0.3) is 5.91 Å². The molecule has 2 atom stereocenters. The van der Waals surface area contributed by atoms with Crippen molar-refractivity contribution in [1.29, 1.82) is 0 Å². The van der Waals surface area contributed by atoms with Crippen LogP contribution < -0.4 is 5.32 Å². The van der Waals surface area contributed by atoms with Crippen LogP contribution >= 0.6 is 0 Å². The fourth-order valence-corrected chi connectivity index (χ4v) is 1.57. The molecule has 1 heterocycles. The first-order valence-electron chi connectivity index (χ1n) is 5.32. The first-order valence-corrected chi connectivity index (χ1v) is 5.32. The summed E-state index contributed by atoms with van der Waals surface area (Å²) in [6.45, 7) is 1.66. The summed E-state index contributed by atoms with van der Waals surface area (Å²) in [7, 11) is 0. The first-order chi connectivity index (χ1) is 8.18. The van der Waals surface area contributed by atoms with Crippen LogP contribution in [-0.2, 0) is 14.3 Å². The van der Waals surface area contributed by atoms with Crippen LogP contribution in [-0.4, -0.2) is 30.8 Å². The van der Waals surface area contributed by atoms with E-state index in [2.05, 4.69) is 5.32 Å². The summed E-state index contributed by atoms with van der Waals surface area (Å²) in [5, 5.41) is 2.60. The molecule has 0 aromatic heterocycles. The van der Waals surface area contributed by atoms with Crippen LogP contribution in [0.25, 0.3) is 0 Å². The maximum absolute atomic E-state index is 11.8. The van der Waals surface area contributed by atoms with E-state index in [1.807, 2.05) is 6.07 Å². The summed E-state index contributed by atoms with van der Waals surface area (Å²) in [5.74, 6) is -0.780. The Kier molecular flexibility index (Phi) is 3.39. The normalized spacial score (nSPS) is 23.9. The second-order valence-corrected chi connectivity index (χ2v) is 3.77. The molecule has 1 saturated heterocycles. The third-order valence-electron chi connectivity index (χ3n) is 2.58. The van der Waals surface area contributed by atoms with Crippen molar-refractivity contribution in [2.24, 2.45) is 0 Å². The van der Waals surface area contributed by atoms with Crippen LogP contribution in [0.2, 0.25) is 0 Å². The number of rotatable bonds is 2. The predicted octanol–water partition coefficient (Wildman–Crippen LogP) is 0.704. The molecule has 0 radical (unpaired) electrons. The van der Waals surface area contributed by atoms with E-state index < -0.39 is 12.0 Å². The Morgan fingerprint density at radius 2 is 2.06 bits per heavy atom. The van der Waals surface area contributed by atoms with Crippen LogP contribution in [0.5, 0.6) is 0 Å². The van der Waals surface area contributed by atoms with Crippen molar-refractivity contribution in [3.63, 3.8) is 0 Å². The number of carbonyl (C=O) groups is 2. The van der Waals surface area contributed by atoms with Gasteiger partial charge < -0.3 is 14.8 Å². The minimum Gasteiger partial charge on any atom is -0.437 e. The number of carbonyl (C=O) groups excluding carboxylic acids is 2. The average molecular weight is 235 g/mol. The Bertz CT molecular complexity index is 418. The summed E-state index contributed by atoms with van der Waals surface area (Å²) in [6, 6.07) is 7.93. The molecule has 0 bridgehead atoms. The van der Waals surface area contributed by atoms with E-state index in [9.17, 15) is 9.59 Å². The monoisotopic (exact) mass is 235 g/mol. The van der Waals surface area contributed by atoms with Crippen molar-refractivity contribution >= 4 is 11.9 Å². The van der Waals surface area contributed by atoms with Gasteiger partial charge in [-0.15, -0.1) is 0 Å². The molecule has 1 aliphatic rings. The van der Waals surface area contributed by atoms with Crippen LogP contribution in [0.4, 0.5) is 0 Å². The molecule has 1 fully saturated rings. The van der Waals surface area contributed by atoms with Crippen molar-refractivity contribution in [2.45, 2.75) is 19.1 Å². The molecule has 5 nitrogen and oxygen atoms in total. The number of amides is 1. The Hall–Kier alpha value is -1.88. The van der Waals surface area contributed by atoms with Gasteiger partial charge in [-0.3, -0.25) is 4.79 Å². The van der Waals surface area contributed by atoms with Gasteiger partial charge in [0.2, 0.25) is 0 Å². The SMILES string of the molecule is CC1OCOC(=O)C1NC(=O)c1ccccc1. The summed E-state index contributed by atoms with van der Waals surface area (Å²) in [4.78, 5) is 23.3. The zero-order valence-corrected chi connectivity index (χ0v) is 9.38. The highest BCUT2D eigenvalue weighted by Crippen LogP contribution is 2.09. The van der Waals surface area contributed by atoms with E-state index >= 15 is 0 Å². The molecule has 90 valence electrons. The van der Waals surface area contributed by atoms with E-state index in [1.165, 1.54) is 0 Å². The highest BCUT2D eigenvalue weighted by molar-refractivity contribution is 5.96. The fraction of sp³-hybridized carbons (Fsp3) is 0.333. The minimum atomic E-state index is -0.753. The van der Waals surface area contributed by atoms with Gasteiger partial charge in [-0.25, -0.2) is 4.79 Å². The number of cyclic esters (lactones) is 1. The predicted molar refractivity (Wildman–Crippen MR) is 59.2 cm³/mol. The zero-order chi connectivity index (χ0) is 12.3. The topological polar surface area (TPSA) is 64.6 Å². The molecule has 0 spiro atoms. The molecular formula is C12H13NO4. The van der Waals surface area contributed by atoms with Crippen LogP contribution in [0.15, 0.2) is 30.3 Å². The van der Waals surface area contributed by atoms with Gasteiger partial charge in [-0.1, -0.05) is 18.2 Å². The molecular weight excluding hydrogens is 222 g/mol. The number of hydrogen-bond acceptors (Lipinski definition) is 4. The minimum absolute atomic E-state index is 0.0578. The first kappa shape index (κ1) is 11.6. The summed E-state index contributed by atoms with van der Waals surface area (Å²) < 4.78 is 9.86. The number of benzene rings is 1. The summed E-state index contributed by atoms with van der Waals surface area (Å²) in [5.41, 5.74) is 0.498. The van der Waals surface area contributed by atoms with Gasteiger partial charge >= 0.3 is 5.97 Å². The lowest BCUT2D eigenvalue weighted by Crippen LogP contribution is -2.52. The summed E-state index contributed by atoms with van der Waals surface area (Å²) >= 11 is 0. The maximum atomic E-state index is 11.8. The molecule has 1 N–H and O–H groups in total. The van der Waals surface area contributed by atoms with Crippen molar-refractivity contribution in [3.05, 3.63) is 35.9 Å². The molecule has 5 heteroatoms. The fourth-order valence-electron chi connectivity index (χ4n) is 1.57.